The normalized spacial score (nSPS) is 12.3. The lowest BCUT2D eigenvalue weighted by Gasteiger charge is -2.30. The second kappa shape index (κ2) is 8.76. The molecule has 1 amide bonds. The Balaban J connectivity index is 2.46. The second-order valence-electron chi connectivity index (χ2n) is 5.87. The number of halogens is 2. The third-order valence-corrected chi connectivity index (χ3v) is 5.56. The van der Waals surface area contributed by atoms with E-state index in [-0.39, 0.29) is 28.5 Å². The number of carbonyl (C=O) groups is 1. The summed E-state index contributed by atoms with van der Waals surface area (Å²) in [5, 5.41) is 14.2. The molecule has 0 unspecified atom stereocenters. The molecular weight excluding hydrogens is 429 g/mol. The molecule has 11 heteroatoms. The van der Waals surface area contributed by atoms with Gasteiger partial charge in [-0.3, -0.25) is 19.2 Å². The van der Waals surface area contributed by atoms with Crippen LogP contribution in [0, 0.1) is 10.1 Å². The minimum absolute atomic E-state index is 0.0101. The van der Waals surface area contributed by atoms with Crippen molar-refractivity contribution in [2.45, 2.75) is 19.4 Å². The van der Waals surface area contributed by atoms with Gasteiger partial charge in [-0.25, -0.2) is 8.42 Å². The number of hydrogen-bond donors (Lipinski definition) is 1. The Labute approximate surface area is 172 Å². The molecule has 0 spiro atoms. The van der Waals surface area contributed by atoms with Gasteiger partial charge in [0.1, 0.15) is 6.04 Å². The number of non-ortho nitro benzene ring substituents is 1. The van der Waals surface area contributed by atoms with E-state index >= 15 is 0 Å². The zero-order valence-corrected chi connectivity index (χ0v) is 17.3. The standard InChI is InChI=1S/C17H17Cl2N3O5S/c1-3-16(17(23)20-15-9-11(18)7-8-14(15)19)21(28(2,26)27)12-5-4-6-13(10-12)22(24)25/h4-10,16H,3H2,1-2H3,(H,20,23)/t16-/m1/s1. The van der Waals surface area contributed by atoms with Gasteiger partial charge in [-0.1, -0.05) is 36.2 Å². The third-order valence-electron chi connectivity index (χ3n) is 3.81. The number of rotatable bonds is 7. The second-order valence-corrected chi connectivity index (χ2v) is 8.58. The molecule has 2 aromatic carbocycles. The van der Waals surface area contributed by atoms with Gasteiger partial charge in [-0.05, 0) is 30.7 Å². The maximum atomic E-state index is 12.8. The van der Waals surface area contributed by atoms with Gasteiger partial charge in [0.25, 0.3) is 5.69 Å². The summed E-state index contributed by atoms with van der Waals surface area (Å²) in [5.41, 5.74) is -0.0553. The van der Waals surface area contributed by atoms with Crippen LogP contribution in [0.1, 0.15) is 13.3 Å². The lowest BCUT2D eigenvalue weighted by molar-refractivity contribution is -0.384. The number of anilines is 2. The van der Waals surface area contributed by atoms with Gasteiger partial charge in [0.15, 0.2) is 0 Å². The van der Waals surface area contributed by atoms with Gasteiger partial charge in [0.05, 0.1) is 27.6 Å². The molecule has 0 saturated carbocycles. The van der Waals surface area contributed by atoms with Crippen molar-refractivity contribution in [2.24, 2.45) is 0 Å². The first-order valence-corrected chi connectivity index (χ1v) is 10.6. The highest BCUT2D eigenvalue weighted by atomic mass is 35.5. The van der Waals surface area contributed by atoms with Crippen LogP contribution in [0.3, 0.4) is 0 Å². The molecule has 28 heavy (non-hydrogen) atoms. The van der Waals surface area contributed by atoms with Crippen molar-refractivity contribution in [2.75, 3.05) is 15.9 Å². The minimum Gasteiger partial charge on any atom is -0.323 e. The van der Waals surface area contributed by atoms with E-state index < -0.39 is 26.9 Å². The van der Waals surface area contributed by atoms with E-state index in [9.17, 15) is 23.3 Å². The molecule has 2 aromatic rings. The van der Waals surface area contributed by atoms with Crippen molar-refractivity contribution in [1.29, 1.82) is 0 Å². The van der Waals surface area contributed by atoms with E-state index in [1.165, 1.54) is 30.3 Å². The quantitative estimate of drug-likeness (QED) is 0.509. The van der Waals surface area contributed by atoms with Gasteiger partial charge in [-0.2, -0.15) is 0 Å². The molecule has 0 radical (unpaired) electrons. The molecule has 1 atom stereocenters. The van der Waals surface area contributed by atoms with E-state index in [0.717, 1.165) is 16.6 Å². The van der Waals surface area contributed by atoms with E-state index in [1.807, 2.05) is 0 Å². The Bertz CT molecular complexity index is 1010. The molecule has 0 aromatic heterocycles. The predicted octanol–water partition coefficient (Wildman–Crippen LogP) is 4.08. The van der Waals surface area contributed by atoms with Crippen molar-refractivity contribution in [1.82, 2.24) is 0 Å². The molecule has 2 rings (SSSR count). The number of nitro groups is 1. The van der Waals surface area contributed by atoms with Gasteiger partial charge in [0.2, 0.25) is 15.9 Å². The summed E-state index contributed by atoms with van der Waals surface area (Å²) in [6.07, 6.45) is 1.04. The first-order valence-electron chi connectivity index (χ1n) is 8.04. The Kier molecular flexibility index (Phi) is 6.87. The average Bonchev–Trinajstić information content (AvgIpc) is 2.61. The van der Waals surface area contributed by atoms with Crippen LogP contribution in [0.25, 0.3) is 0 Å². The number of nitro benzene ring substituents is 1. The summed E-state index contributed by atoms with van der Waals surface area (Å²) >= 11 is 12.0. The first-order chi connectivity index (χ1) is 13.0. The monoisotopic (exact) mass is 445 g/mol. The Morgan fingerprint density at radius 2 is 1.93 bits per heavy atom. The van der Waals surface area contributed by atoms with E-state index in [4.69, 9.17) is 23.2 Å². The Hall–Kier alpha value is -2.36. The van der Waals surface area contributed by atoms with Crippen LogP contribution in [-0.4, -0.2) is 31.5 Å². The fourth-order valence-corrected chi connectivity index (χ4v) is 4.15. The summed E-state index contributed by atoms with van der Waals surface area (Å²) in [4.78, 5) is 23.2. The van der Waals surface area contributed by atoms with Crippen molar-refractivity contribution < 1.29 is 18.1 Å². The van der Waals surface area contributed by atoms with Gasteiger partial charge in [-0.15, -0.1) is 0 Å². The maximum absolute atomic E-state index is 12.8. The highest BCUT2D eigenvalue weighted by Crippen LogP contribution is 2.29. The number of nitrogens with one attached hydrogen (secondary N) is 1. The number of carbonyl (C=O) groups excluding carboxylic acids is 1. The van der Waals surface area contributed by atoms with Crippen LogP contribution in [0.2, 0.25) is 10.0 Å². The molecule has 0 heterocycles. The predicted molar refractivity (Wildman–Crippen MR) is 110 cm³/mol. The number of benzene rings is 2. The van der Waals surface area contributed by atoms with Crippen LogP contribution in [0.4, 0.5) is 17.1 Å². The zero-order chi connectivity index (χ0) is 21.1. The average molecular weight is 446 g/mol. The van der Waals surface area contributed by atoms with Crippen LogP contribution >= 0.6 is 23.2 Å². The van der Waals surface area contributed by atoms with Crippen LogP contribution in [0.15, 0.2) is 42.5 Å². The van der Waals surface area contributed by atoms with Gasteiger partial charge < -0.3 is 5.32 Å². The van der Waals surface area contributed by atoms with Gasteiger partial charge >= 0.3 is 0 Å². The SMILES string of the molecule is CC[C@H](C(=O)Nc1cc(Cl)ccc1Cl)N(c1cccc([N+](=O)[O-])c1)S(C)(=O)=O. The van der Waals surface area contributed by atoms with Crippen LogP contribution in [0.5, 0.6) is 0 Å². The first kappa shape index (κ1) is 21.9. The highest BCUT2D eigenvalue weighted by molar-refractivity contribution is 7.92. The number of hydrogen-bond acceptors (Lipinski definition) is 5. The summed E-state index contributed by atoms with van der Waals surface area (Å²) in [7, 11) is -3.94. The molecular formula is C17H17Cl2N3O5S. The molecule has 150 valence electrons. The lowest BCUT2D eigenvalue weighted by atomic mass is 10.1. The maximum Gasteiger partial charge on any atom is 0.271 e. The largest absolute Gasteiger partial charge is 0.323 e. The lowest BCUT2D eigenvalue weighted by Crippen LogP contribution is -2.47. The third kappa shape index (κ3) is 5.12. The number of nitrogens with zero attached hydrogens (tertiary/aromatic N) is 2. The molecule has 0 aliphatic carbocycles. The summed E-state index contributed by atoms with van der Waals surface area (Å²) in [6.45, 7) is 1.62. The van der Waals surface area contributed by atoms with Crippen molar-refractivity contribution in [3.05, 3.63) is 62.6 Å². The molecule has 0 bridgehead atoms. The summed E-state index contributed by atoms with van der Waals surface area (Å²) in [6, 6.07) is 8.39. The smallest absolute Gasteiger partial charge is 0.271 e. The van der Waals surface area contributed by atoms with Crippen LogP contribution in [-0.2, 0) is 14.8 Å². The Morgan fingerprint density at radius 1 is 1.25 bits per heavy atom. The molecule has 1 N–H and O–H groups in total. The van der Waals surface area contributed by atoms with Crippen molar-refractivity contribution >= 4 is 56.2 Å². The van der Waals surface area contributed by atoms with Crippen molar-refractivity contribution in [3.63, 3.8) is 0 Å². The Morgan fingerprint density at radius 3 is 2.50 bits per heavy atom. The number of sulfonamides is 1. The minimum atomic E-state index is -3.94. The topological polar surface area (TPSA) is 110 Å². The molecule has 8 nitrogen and oxygen atoms in total. The number of amides is 1. The fraction of sp³-hybridized carbons (Fsp3) is 0.235. The van der Waals surface area contributed by atoms with E-state index in [2.05, 4.69) is 5.32 Å². The summed E-state index contributed by atoms with van der Waals surface area (Å²) < 4.78 is 25.7. The van der Waals surface area contributed by atoms with Crippen molar-refractivity contribution in [3.8, 4) is 0 Å². The van der Waals surface area contributed by atoms with Gasteiger partial charge in [0, 0.05) is 17.2 Å². The highest BCUT2D eigenvalue weighted by Gasteiger charge is 2.32. The molecule has 0 fully saturated rings. The molecule has 0 saturated heterocycles. The fourth-order valence-electron chi connectivity index (χ4n) is 2.61. The summed E-state index contributed by atoms with van der Waals surface area (Å²) in [5.74, 6) is -0.649. The zero-order valence-electron chi connectivity index (χ0n) is 14.9. The van der Waals surface area contributed by atoms with E-state index in [0.29, 0.717) is 5.02 Å². The van der Waals surface area contributed by atoms with Crippen LogP contribution < -0.4 is 9.62 Å². The molecule has 0 aliphatic rings. The van der Waals surface area contributed by atoms with E-state index in [1.54, 1.807) is 13.0 Å². The molecule has 0 aliphatic heterocycles.